The van der Waals surface area contributed by atoms with Gasteiger partial charge in [0, 0.05) is 30.0 Å². The summed E-state index contributed by atoms with van der Waals surface area (Å²) in [6.45, 7) is 2.78. The molecule has 0 saturated heterocycles. The van der Waals surface area contributed by atoms with E-state index >= 15 is 0 Å². The van der Waals surface area contributed by atoms with Crippen LogP contribution in [0.4, 0.5) is 5.69 Å². The van der Waals surface area contributed by atoms with Gasteiger partial charge in [0.15, 0.2) is 5.82 Å². The number of hydrogen-bond donors (Lipinski definition) is 1. The third-order valence-corrected chi connectivity index (χ3v) is 3.75. The van der Waals surface area contributed by atoms with Gasteiger partial charge in [0.2, 0.25) is 0 Å². The van der Waals surface area contributed by atoms with Crippen LogP contribution in [0.5, 0.6) is 0 Å². The van der Waals surface area contributed by atoms with Crippen molar-refractivity contribution in [2.24, 2.45) is 0 Å². The topological polar surface area (TPSA) is 42.7 Å². The zero-order chi connectivity index (χ0) is 13.1. The van der Waals surface area contributed by atoms with Crippen LogP contribution < -0.4 is 5.32 Å². The van der Waals surface area contributed by atoms with E-state index in [1.807, 2.05) is 29.8 Å². The molecule has 0 atom stereocenters. The molecule has 96 valence electrons. The first-order valence-corrected chi connectivity index (χ1v) is 6.94. The second-order valence-electron chi connectivity index (χ2n) is 4.15. The second kappa shape index (κ2) is 5.24. The Morgan fingerprint density at radius 1 is 1.21 bits per heavy atom. The maximum Gasteiger partial charge on any atom is 0.161 e. The fourth-order valence-electron chi connectivity index (χ4n) is 1.92. The van der Waals surface area contributed by atoms with E-state index in [0.717, 1.165) is 23.9 Å². The van der Waals surface area contributed by atoms with Gasteiger partial charge < -0.3 is 5.32 Å². The van der Waals surface area contributed by atoms with Crippen molar-refractivity contribution in [1.29, 1.82) is 0 Å². The Bertz CT molecular complexity index is 658. The van der Waals surface area contributed by atoms with Crippen molar-refractivity contribution in [2.45, 2.75) is 13.5 Å². The lowest BCUT2D eigenvalue weighted by atomic mass is 10.3. The van der Waals surface area contributed by atoms with Gasteiger partial charge in [-0.2, -0.15) is 0 Å². The van der Waals surface area contributed by atoms with E-state index in [1.54, 1.807) is 23.7 Å². The highest BCUT2D eigenvalue weighted by Crippen LogP contribution is 2.20. The van der Waals surface area contributed by atoms with E-state index in [9.17, 15) is 0 Å². The minimum Gasteiger partial charge on any atom is -0.377 e. The molecule has 0 unspecified atom stereocenters. The number of thiophene rings is 1. The molecule has 0 radical (unpaired) electrons. The van der Waals surface area contributed by atoms with E-state index in [4.69, 9.17) is 0 Å². The third kappa shape index (κ3) is 2.51. The van der Waals surface area contributed by atoms with Crippen molar-refractivity contribution in [1.82, 2.24) is 14.5 Å². The monoisotopic (exact) mass is 270 g/mol. The maximum absolute atomic E-state index is 4.45. The summed E-state index contributed by atoms with van der Waals surface area (Å²) in [5, 5.41) is 5.51. The number of nitrogens with one attached hydrogen (secondary N) is 1. The van der Waals surface area contributed by atoms with Gasteiger partial charge in [0.05, 0.1) is 5.69 Å². The smallest absolute Gasteiger partial charge is 0.161 e. The van der Waals surface area contributed by atoms with E-state index in [1.165, 1.54) is 4.88 Å². The summed E-state index contributed by atoms with van der Waals surface area (Å²) in [5.74, 6) is 1.81. The highest BCUT2D eigenvalue weighted by Gasteiger charge is 2.07. The minimum absolute atomic E-state index is 0.810. The van der Waals surface area contributed by atoms with E-state index in [0.29, 0.717) is 0 Å². The zero-order valence-corrected chi connectivity index (χ0v) is 11.4. The van der Waals surface area contributed by atoms with Crippen molar-refractivity contribution in [3.8, 4) is 5.82 Å². The summed E-state index contributed by atoms with van der Waals surface area (Å²) >= 11 is 1.75. The predicted molar refractivity (Wildman–Crippen MR) is 77.7 cm³/mol. The van der Waals surface area contributed by atoms with Gasteiger partial charge in [-0.1, -0.05) is 6.07 Å². The highest BCUT2D eigenvalue weighted by molar-refractivity contribution is 7.09. The number of anilines is 1. The van der Waals surface area contributed by atoms with Crippen LogP contribution >= 0.6 is 11.3 Å². The van der Waals surface area contributed by atoms with Crippen molar-refractivity contribution >= 4 is 17.0 Å². The minimum atomic E-state index is 0.810. The normalized spacial score (nSPS) is 10.6. The van der Waals surface area contributed by atoms with Crippen molar-refractivity contribution < 1.29 is 0 Å². The summed E-state index contributed by atoms with van der Waals surface area (Å²) in [7, 11) is 0. The molecule has 19 heavy (non-hydrogen) atoms. The van der Waals surface area contributed by atoms with Crippen LogP contribution in [0.1, 0.15) is 10.7 Å². The lowest BCUT2D eigenvalue weighted by Gasteiger charge is -2.11. The molecule has 0 saturated carbocycles. The molecule has 1 N–H and O–H groups in total. The summed E-state index contributed by atoms with van der Waals surface area (Å²) < 4.78 is 1.98. The lowest BCUT2D eigenvalue weighted by molar-refractivity contribution is 0.930. The molecule has 0 aliphatic heterocycles. The molecule has 0 spiro atoms. The van der Waals surface area contributed by atoms with Gasteiger partial charge in [-0.05, 0) is 30.5 Å². The van der Waals surface area contributed by atoms with Gasteiger partial charge in [0.1, 0.15) is 5.82 Å². The van der Waals surface area contributed by atoms with Crippen LogP contribution in [-0.4, -0.2) is 14.5 Å². The summed E-state index contributed by atoms with van der Waals surface area (Å²) in [6, 6.07) is 8.16. The standard InChI is InChI=1S/C14H14N4S/c1-11-15-7-8-18(11)14-13(5-2-6-16-14)17-10-12-4-3-9-19-12/h2-9,17H,10H2,1H3. The van der Waals surface area contributed by atoms with Crippen LogP contribution in [0.3, 0.4) is 0 Å². The second-order valence-corrected chi connectivity index (χ2v) is 5.18. The zero-order valence-electron chi connectivity index (χ0n) is 10.6. The Labute approximate surface area is 115 Å². The molecule has 5 heteroatoms. The fraction of sp³-hybridized carbons (Fsp3) is 0.143. The number of nitrogens with zero attached hydrogens (tertiary/aromatic N) is 3. The summed E-state index contributed by atoms with van der Waals surface area (Å²) in [6.07, 6.45) is 5.51. The Balaban J connectivity index is 1.88. The van der Waals surface area contributed by atoms with E-state index in [2.05, 4.69) is 32.8 Å². The van der Waals surface area contributed by atoms with Crippen molar-refractivity contribution in [3.63, 3.8) is 0 Å². The van der Waals surface area contributed by atoms with Crippen LogP contribution in [0.2, 0.25) is 0 Å². The molecule has 0 aromatic carbocycles. The van der Waals surface area contributed by atoms with Crippen molar-refractivity contribution in [3.05, 3.63) is 58.9 Å². The first kappa shape index (κ1) is 11.9. The van der Waals surface area contributed by atoms with Crippen molar-refractivity contribution in [2.75, 3.05) is 5.32 Å². The molecule has 0 amide bonds. The maximum atomic E-state index is 4.45. The third-order valence-electron chi connectivity index (χ3n) is 2.87. The molecule has 3 aromatic rings. The van der Waals surface area contributed by atoms with E-state index < -0.39 is 0 Å². The molecular formula is C14H14N4S. The first-order chi connectivity index (χ1) is 9.34. The van der Waals surface area contributed by atoms with Crippen LogP contribution in [0.15, 0.2) is 48.2 Å². The number of imidazole rings is 1. The molecular weight excluding hydrogens is 256 g/mol. The number of pyridine rings is 1. The number of aryl methyl sites for hydroxylation is 1. The Hall–Kier alpha value is -2.14. The van der Waals surface area contributed by atoms with Gasteiger partial charge in [-0.25, -0.2) is 9.97 Å². The Kier molecular flexibility index (Phi) is 3.29. The molecule has 0 bridgehead atoms. The summed E-state index contributed by atoms with van der Waals surface area (Å²) in [4.78, 5) is 9.99. The van der Waals surface area contributed by atoms with Crippen LogP contribution in [-0.2, 0) is 6.54 Å². The average Bonchev–Trinajstić information content (AvgIpc) is 3.08. The van der Waals surface area contributed by atoms with Gasteiger partial charge in [-0.3, -0.25) is 4.57 Å². The van der Waals surface area contributed by atoms with Crippen LogP contribution in [0, 0.1) is 6.92 Å². The van der Waals surface area contributed by atoms with Gasteiger partial charge >= 0.3 is 0 Å². The molecule has 0 aliphatic rings. The molecule has 0 aliphatic carbocycles. The molecule has 3 aromatic heterocycles. The van der Waals surface area contributed by atoms with Crippen LogP contribution in [0.25, 0.3) is 5.82 Å². The molecule has 4 nitrogen and oxygen atoms in total. The first-order valence-electron chi connectivity index (χ1n) is 6.06. The fourth-order valence-corrected chi connectivity index (χ4v) is 2.57. The van der Waals surface area contributed by atoms with Gasteiger partial charge in [-0.15, -0.1) is 11.3 Å². The summed E-state index contributed by atoms with van der Waals surface area (Å²) in [5.41, 5.74) is 1.01. The quantitative estimate of drug-likeness (QED) is 0.791. The van der Waals surface area contributed by atoms with E-state index in [-0.39, 0.29) is 0 Å². The largest absolute Gasteiger partial charge is 0.377 e. The average molecular weight is 270 g/mol. The lowest BCUT2D eigenvalue weighted by Crippen LogP contribution is -2.06. The Morgan fingerprint density at radius 3 is 2.89 bits per heavy atom. The molecule has 3 heterocycles. The van der Waals surface area contributed by atoms with Gasteiger partial charge in [0.25, 0.3) is 0 Å². The SMILES string of the molecule is Cc1nccn1-c1ncccc1NCc1cccs1. The number of aromatic nitrogens is 3. The number of rotatable bonds is 4. The predicted octanol–water partition coefficient (Wildman–Crippen LogP) is 3.25. The molecule has 3 rings (SSSR count). The molecule has 0 fully saturated rings. The highest BCUT2D eigenvalue weighted by atomic mass is 32.1. The Morgan fingerprint density at radius 2 is 2.16 bits per heavy atom. The number of hydrogen-bond acceptors (Lipinski definition) is 4.